The van der Waals surface area contributed by atoms with Crippen LogP contribution in [0.1, 0.15) is 11.7 Å². The van der Waals surface area contributed by atoms with Gasteiger partial charge < -0.3 is 15.5 Å². The van der Waals surface area contributed by atoms with Gasteiger partial charge >= 0.3 is 5.97 Å². The number of aliphatic carboxylic acids is 1. The summed E-state index contributed by atoms with van der Waals surface area (Å²) in [6.45, 7) is 0. The summed E-state index contributed by atoms with van der Waals surface area (Å²) in [5, 5.41) is 19.6. The number of aliphatic hydroxyl groups is 1. The number of carbonyl (C=O) groups is 2. The summed E-state index contributed by atoms with van der Waals surface area (Å²) >= 11 is 0.976. The molecule has 0 fully saturated rings. The maximum absolute atomic E-state index is 11.6. The van der Waals surface area contributed by atoms with Crippen molar-refractivity contribution in [3.05, 3.63) is 35.9 Å². The van der Waals surface area contributed by atoms with Crippen LogP contribution in [0, 0.1) is 0 Å². The van der Waals surface area contributed by atoms with Crippen molar-refractivity contribution >= 4 is 23.6 Å². The topological polar surface area (TPSA) is 86.6 Å². The first-order chi connectivity index (χ1) is 8.06. The number of thioether (sulfide) groups is 1. The van der Waals surface area contributed by atoms with E-state index in [0.717, 1.165) is 11.8 Å². The Labute approximate surface area is 103 Å². The van der Waals surface area contributed by atoms with Gasteiger partial charge in [-0.15, -0.1) is 11.8 Å². The van der Waals surface area contributed by atoms with E-state index in [1.165, 1.54) is 0 Å². The van der Waals surface area contributed by atoms with Gasteiger partial charge in [0, 0.05) is 0 Å². The molecular formula is C11H13NO4S. The van der Waals surface area contributed by atoms with Crippen molar-refractivity contribution in [3.8, 4) is 0 Å². The Morgan fingerprint density at radius 2 is 1.88 bits per heavy atom. The SMILES string of the molecule is CSC(NC(=O)C(O)c1ccccc1)C(=O)O. The first-order valence-electron chi connectivity index (χ1n) is 4.85. The Hall–Kier alpha value is -1.53. The molecule has 92 valence electrons. The fourth-order valence-electron chi connectivity index (χ4n) is 1.22. The second kappa shape index (κ2) is 6.27. The number of carboxylic acid groups (broad SMARTS) is 1. The van der Waals surface area contributed by atoms with Gasteiger partial charge in [0.2, 0.25) is 0 Å². The minimum atomic E-state index is -1.36. The van der Waals surface area contributed by atoms with Gasteiger partial charge in [0.15, 0.2) is 11.5 Å². The van der Waals surface area contributed by atoms with E-state index in [0.29, 0.717) is 5.56 Å². The Kier molecular flexibility index (Phi) is 4.99. The van der Waals surface area contributed by atoms with Gasteiger partial charge in [-0.05, 0) is 11.8 Å². The number of amides is 1. The van der Waals surface area contributed by atoms with E-state index in [-0.39, 0.29) is 0 Å². The van der Waals surface area contributed by atoms with Crippen LogP contribution in [-0.2, 0) is 9.59 Å². The zero-order valence-electron chi connectivity index (χ0n) is 9.16. The molecule has 17 heavy (non-hydrogen) atoms. The van der Waals surface area contributed by atoms with Crippen LogP contribution in [0.3, 0.4) is 0 Å². The largest absolute Gasteiger partial charge is 0.479 e. The van der Waals surface area contributed by atoms with Crippen molar-refractivity contribution in [2.45, 2.75) is 11.5 Å². The summed E-state index contributed by atoms with van der Waals surface area (Å²) < 4.78 is 0. The lowest BCUT2D eigenvalue weighted by Crippen LogP contribution is -2.40. The van der Waals surface area contributed by atoms with E-state index >= 15 is 0 Å². The quantitative estimate of drug-likeness (QED) is 0.671. The van der Waals surface area contributed by atoms with Crippen molar-refractivity contribution in [1.29, 1.82) is 0 Å². The molecule has 0 aliphatic carbocycles. The number of carboxylic acids is 1. The summed E-state index contributed by atoms with van der Waals surface area (Å²) in [4.78, 5) is 22.3. The van der Waals surface area contributed by atoms with Crippen molar-refractivity contribution in [2.75, 3.05) is 6.26 Å². The molecule has 5 nitrogen and oxygen atoms in total. The molecule has 0 aromatic heterocycles. The van der Waals surface area contributed by atoms with Gasteiger partial charge in [-0.1, -0.05) is 30.3 Å². The molecule has 3 N–H and O–H groups in total. The first-order valence-corrected chi connectivity index (χ1v) is 6.14. The maximum atomic E-state index is 11.6. The highest BCUT2D eigenvalue weighted by atomic mass is 32.2. The third-order valence-corrected chi connectivity index (χ3v) is 2.89. The minimum Gasteiger partial charge on any atom is -0.479 e. The lowest BCUT2D eigenvalue weighted by atomic mass is 10.1. The van der Waals surface area contributed by atoms with E-state index in [1.807, 2.05) is 0 Å². The molecule has 0 aliphatic heterocycles. The smallest absolute Gasteiger partial charge is 0.336 e. The molecule has 6 heteroatoms. The monoisotopic (exact) mass is 255 g/mol. The molecule has 0 radical (unpaired) electrons. The minimum absolute atomic E-state index is 0.426. The number of carbonyl (C=O) groups excluding carboxylic acids is 1. The molecular weight excluding hydrogens is 242 g/mol. The third kappa shape index (κ3) is 3.76. The number of hydrogen-bond donors (Lipinski definition) is 3. The van der Waals surface area contributed by atoms with Crippen molar-refractivity contribution in [2.24, 2.45) is 0 Å². The van der Waals surface area contributed by atoms with Crippen LogP contribution in [-0.4, -0.2) is 33.7 Å². The van der Waals surface area contributed by atoms with Gasteiger partial charge in [0.1, 0.15) is 0 Å². The second-order valence-corrected chi connectivity index (χ2v) is 4.22. The highest BCUT2D eigenvalue weighted by molar-refractivity contribution is 7.99. The van der Waals surface area contributed by atoms with Crippen molar-refractivity contribution < 1.29 is 19.8 Å². The Morgan fingerprint density at radius 1 is 1.29 bits per heavy atom. The molecule has 1 rings (SSSR count). The van der Waals surface area contributed by atoms with Crippen LogP contribution in [0.15, 0.2) is 30.3 Å². The molecule has 0 bridgehead atoms. The molecule has 1 aromatic rings. The lowest BCUT2D eigenvalue weighted by molar-refractivity contribution is -0.140. The molecule has 0 saturated carbocycles. The van der Waals surface area contributed by atoms with Crippen LogP contribution in [0.2, 0.25) is 0 Å². The predicted octanol–water partition coefficient (Wildman–Crippen LogP) is 0.610. The summed E-state index contributed by atoms with van der Waals surface area (Å²) in [5.41, 5.74) is 0.426. The first kappa shape index (κ1) is 13.5. The Bertz CT molecular complexity index is 396. The van der Waals surface area contributed by atoms with E-state index in [1.54, 1.807) is 36.6 Å². The predicted molar refractivity (Wildman–Crippen MR) is 64.5 cm³/mol. The Morgan fingerprint density at radius 3 is 2.35 bits per heavy atom. The second-order valence-electron chi connectivity index (χ2n) is 3.28. The number of aliphatic hydroxyl groups excluding tert-OH is 1. The Balaban J connectivity index is 2.68. The van der Waals surface area contributed by atoms with Crippen LogP contribution in [0.5, 0.6) is 0 Å². The molecule has 0 aliphatic rings. The highest BCUT2D eigenvalue weighted by Crippen LogP contribution is 2.13. The van der Waals surface area contributed by atoms with Gasteiger partial charge in [-0.3, -0.25) is 4.79 Å². The lowest BCUT2D eigenvalue weighted by Gasteiger charge is -2.15. The van der Waals surface area contributed by atoms with Gasteiger partial charge in [-0.25, -0.2) is 4.79 Å². The summed E-state index contributed by atoms with van der Waals surface area (Å²) in [6.07, 6.45) is 0.207. The van der Waals surface area contributed by atoms with Crippen molar-refractivity contribution in [1.82, 2.24) is 5.32 Å². The van der Waals surface area contributed by atoms with E-state index in [9.17, 15) is 14.7 Å². The normalized spacial score (nSPS) is 13.8. The maximum Gasteiger partial charge on any atom is 0.336 e. The zero-order valence-corrected chi connectivity index (χ0v) is 9.98. The number of nitrogens with one attached hydrogen (secondary N) is 1. The average molecular weight is 255 g/mol. The fraction of sp³-hybridized carbons (Fsp3) is 0.273. The highest BCUT2D eigenvalue weighted by Gasteiger charge is 2.23. The summed E-state index contributed by atoms with van der Waals surface area (Å²) in [5.74, 6) is -1.87. The van der Waals surface area contributed by atoms with Crippen LogP contribution in [0.4, 0.5) is 0 Å². The standard InChI is InChI=1S/C11H13NO4S/c1-17-10(11(15)16)12-9(14)8(13)7-5-3-2-4-6-7/h2-6,8,10,13H,1H3,(H,12,14)(H,15,16). The van der Waals surface area contributed by atoms with Crippen LogP contribution < -0.4 is 5.32 Å². The van der Waals surface area contributed by atoms with E-state index in [4.69, 9.17) is 5.11 Å². The van der Waals surface area contributed by atoms with E-state index in [2.05, 4.69) is 5.32 Å². The van der Waals surface area contributed by atoms with Crippen LogP contribution in [0.25, 0.3) is 0 Å². The van der Waals surface area contributed by atoms with Crippen LogP contribution >= 0.6 is 11.8 Å². The molecule has 0 spiro atoms. The molecule has 1 amide bonds. The number of hydrogen-bond acceptors (Lipinski definition) is 4. The summed E-state index contributed by atoms with van der Waals surface area (Å²) in [7, 11) is 0. The van der Waals surface area contributed by atoms with E-state index < -0.39 is 23.4 Å². The third-order valence-electron chi connectivity index (χ3n) is 2.10. The molecule has 1 aromatic carbocycles. The van der Waals surface area contributed by atoms with Gasteiger partial charge in [0.25, 0.3) is 5.91 Å². The van der Waals surface area contributed by atoms with Gasteiger partial charge in [0.05, 0.1) is 0 Å². The number of benzene rings is 1. The molecule has 0 heterocycles. The molecule has 2 atom stereocenters. The zero-order chi connectivity index (χ0) is 12.8. The van der Waals surface area contributed by atoms with Crippen molar-refractivity contribution in [3.63, 3.8) is 0 Å². The fourth-order valence-corrected chi connectivity index (χ4v) is 1.65. The average Bonchev–Trinajstić information content (AvgIpc) is 2.35. The summed E-state index contributed by atoms with van der Waals surface area (Å²) in [6, 6.07) is 8.33. The van der Waals surface area contributed by atoms with Gasteiger partial charge in [-0.2, -0.15) is 0 Å². The molecule has 0 saturated heterocycles. The molecule has 2 unspecified atom stereocenters. The number of rotatable bonds is 5.